The largest absolute Gasteiger partial charge is 0.497 e. The number of ether oxygens (including phenoxy) is 1. The number of fused-ring (bicyclic) bond motifs is 2. The number of hydrogen-bond acceptors (Lipinski definition) is 7. The maximum absolute atomic E-state index is 12.3. The van der Waals surface area contributed by atoms with Crippen LogP contribution in [0.4, 0.5) is 0 Å². The van der Waals surface area contributed by atoms with Gasteiger partial charge in [0.2, 0.25) is 0 Å². The Morgan fingerprint density at radius 1 is 0.972 bits per heavy atom. The van der Waals surface area contributed by atoms with Gasteiger partial charge in [0, 0.05) is 33.8 Å². The molecule has 8 heteroatoms. The third-order valence-corrected chi connectivity index (χ3v) is 7.62. The highest BCUT2D eigenvalue weighted by atomic mass is 32.2. The molecular weight excluding hydrogens is 478 g/mol. The molecule has 0 aliphatic carbocycles. The van der Waals surface area contributed by atoms with Gasteiger partial charge in [0.15, 0.2) is 0 Å². The van der Waals surface area contributed by atoms with Gasteiger partial charge in [-0.2, -0.15) is 0 Å². The van der Waals surface area contributed by atoms with Crippen LogP contribution < -0.4 is 4.74 Å². The lowest BCUT2D eigenvalue weighted by atomic mass is 9.79. The fourth-order valence-corrected chi connectivity index (χ4v) is 5.92. The van der Waals surface area contributed by atoms with Crippen LogP contribution in [-0.4, -0.2) is 35.1 Å². The second-order valence-electron chi connectivity index (χ2n) is 8.92. The van der Waals surface area contributed by atoms with Gasteiger partial charge < -0.3 is 14.7 Å². The number of imide groups is 1. The molecule has 1 unspecified atom stereocenters. The third kappa shape index (κ3) is 4.27. The third-order valence-electron chi connectivity index (χ3n) is 6.51. The molecule has 2 aliphatic heterocycles. The van der Waals surface area contributed by atoms with E-state index in [9.17, 15) is 19.5 Å². The molecule has 1 N–H and O–H groups in total. The number of aliphatic hydroxyl groups is 1. The minimum Gasteiger partial charge on any atom is -0.497 e. The molecule has 0 spiro atoms. The Balaban J connectivity index is 1.43. The van der Waals surface area contributed by atoms with E-state index in [-0.39, 0.29) is 19.3 Å². The fraction of sp³-hybridized carbons (Fsp3) is 0.250. The Morgan fingerprint density at radius 3 is 2.28 bits per heavy atom. The van der Waals surface area contributed by atoms with Crippen molar-refractivity contribution in [1.82, 2.24) is 5.06 Å². The standard InChI is InChI=1S/C28H25NO6S/c1-17-3-10-21-23(15-17)36-24-16-18(5-14-27(32)35-29-25(30)12-13-26(29)31)4-11-22(24)28(21,33)19-6-8-20(34-2)9-7-19/h3-4,6-11,15-16,33H,5,12-14H2,1-2H3. The molecule has 5 rings (SSSR count). The summed E-state index contributed by atoms with van der Waals surface area (Å²) in [5.41, 5.74) is 2.91. The number of nitrogens with zero attached hydrogens (tertiary/aromatic N) is 1. The average Bonchev–Trinajstić information content (AvgIpc) is 3.19. The first-order valence-corrected chi connectivity index (χ1v) is 12.5. The molecule has 0 aromatic heterocycles. The van der Waals surface area contributed by atoms with Crippen LogP contribution in [0, 0.1) is 6.92 Å². The molecule has 36 heavy (non-hydrogen) atoms. The summed E-state index contributed by atoms with van der Waals surface area (Å²) in [4.78, 5) is 42.5. The van der Waals surface area contributed by atoms with Crippen molar-refractivity contribution in [3.8, 4) is 5.75 Å². The van der Waals surface area contributed by atoms with E-state index >= 15 is 0 Å². The zero-order valence-electron chi connectivity index (χ0n) is 19.9. The lowest BCUT2D eigenvalue weighted by Crippen LogP contribution is -2.32. The monoisotopic (exact) mass is 503 g/mol. The molecule has 1 saturated heterocycles. The number of aryl methyl sites for hydroxylation is 2. The van der Waals surface area contributed by atoms with E-state index in [1.807, 2.05) is 61.5 Å². The molecule has 1 atom stereocenters. The topological polar surface area (TPSA) is 93.1 Å². The van der Waals surface area contributed by atoms with Crippen LogP contribution in [0.2, 0.25) is 0 Å². The zero-order valence-corrected chi connectivity index (χ0v) is 20.8. The highest BCUT2D eigenvalue weighted by Gasteiger charge is 2.41. The van der Waals surface area contributed by atoms with E-state index in [1.165, 1.54) is 0 Å². The Morgan fingerprint density at radius 2 is 1.61 bits per heavy atom. The van der Waals surface area contributed by atoms with Crippen LogP contribution in [0.3, 0.4) is 0 Å². The molecule has 1 fully saturated rings. The Kier molecular flexibility index (Phi) is 6.32. The first kappa shape index (κ1) is 24.1. The first-order valence-electron chi connectivity index (χ1n) is 11.7. The second-order valence-corrected chi connectivity index (χ2v) is 10.0. The molecule has 0 saturated carbocycles. The summed E-state index contributed by atoms with van der Waals surface area (Å²) in [6, 6.07) is 19.2. The van der Waals surface area contributed by atoms with Crippen molar-refractivity contribution in [3.63, 3.8) is 0 Å². The van der Waals surface area contributed by atoms with Gasteiger partial charge in [0.25, 0.3) is 11.8 Å². The lowest BCUT2D eigenvalue weighted by molar-refractivity contribution is -0.197. The summed E-state index contributed by atoms with van der Waals surface area (Å²) in [6.07, 6.45) is 0.502. The van der Waals surface area contributed by atoms with Gasteiger partial charge in [-0.05, 0) is 54.3 Å². The minimum absolute atomic E-state index is 0.0129. The first-order chi connectivity index (χ1) is 17.3. The average molecular weight is 504 g/mol. The van der Waals surface area contributed by atoms with Crippen molar-refractivity contribution in [1.29, 1.82) is 0 Å². The van der Waals surface area contributed by atoms with Gasteiger partial charge in [-0.15, -0.1) is 5.06 Å². The van der Waals surface area contributed by atoms with Crippen LogP contribution in [0.15, 0.2) is 70.5 Å². The fourth-order valence-electron chi connectivity index (χ4n) is 4.58. The molecule has 3 aromatic carbocycles. The van der Waals surface area contributed by atoms with Gasteiger partial charge in [0.1, 0.15) is 11.4 Å². The van der Waals surface area contributed by atoms with Crippen molar-refractivity contribution < 1.29 is 29.1 Å². The number of hydroxylamine groups is 2. The smallest absolute Gasteiger partial charge is 0.333 e. The summed E-state index contributed by atoms with van der Waals surface area (Å²) in [6.45, 7) is 2.01. The molecule has 184 valence electrons. The van der Waals surface area contributed by atoms with Crippen LogP contribution in [-0.2, 0) is 31.2 Å². The molecule has 2 aliphatic rings. The number of hydrogen-bond donors (Lipinski definition) is 1. The predicted molar refractivity (Wildman–Crippen MR) is 132 cm³/mol. The van der Waals surface area contributed by atoms with Crippen molar-refractivity contribution in [2.45, 2.75) is 48.0 Å². The van der Waals surface area contributed by atoms with E-state index in [0.717, 1.165) is 37.6 Å². The van der Waals surface area contributed by atoms with Crippen LogP contribution in [0.5, 0.6) is 5.75 Å². The second kappa shape index (κ2) is 9.44. The number of rotatable bonds is 6. The van der Waals surface area contributed by atoms with Crippen LogP contribution in [0.25, 0.3) is 0 Å². The highest BCUT2D eigenvalue weighted by molar-refractivity contribution is 7.99. The van der Waals surface area contributed by atoms with Crippen molar-refractivity contribution in [3.05, 3.63) is 88.5 Å². The van der Waals surface area contributed by atoms with Crippen molar-refractivity contribution in [2.75, 3.05) is 7.11 Å². The molecule has 2 heterocycles. The van der Waals surface area contributed by atoms with Gasteiger partial charge in [0.05, 0.1) is 13.5 Å². The lowest BCUT2D eigenvalue weighted by Gasteiger charge is -2.37. The van der Waals surface area contributed by atoms with Crippen molar-refractivity contribution >= 4 is 29.5 Å². The number of carbonyl (C=O) groups is 3. The molecule has 3 aromatic rings. The van der Waals surface area contributed by atoms with Crippen LogP contribution in [0.1, 0.15) is 47.1 Å². The number of methoxy groups -OCH3 is 1. The molecule has 0 radical (unpaired) electrons. The molecule has 7 nitrogen and oxygen atoms in total. The maximum atomic E-state index is 12.3. The van der Waals surface area contributed by atoms with Crippen molar-refractivity contribution in [2.24, 2.45) is 0 Å². The van der Waals surface area contributed by atoms with E-state index in [4.69, 9.17) is 9.57 Å². The summed E-state index contributed by atoms with van der Waals surface area (Å²) in [7, 11) is 1.60. The Hall–Kier alpha value is -3.62. The number of amides is 2. The number of benzene rings is 3. The highest BCUT2D eigenvalue weighted by Crippen LogP contribution is 2.51. The van der Waals surface area contributed by atoms with E-state index in [2.05, 4.69) is 6.07 Å². The Labute approximate surface area is 213 Å². The van der Waals surface area contributed by atoms with Gasteiger partial charge >= 0.3 is 5.97 Å². The van der Waals surface area contributed by atoms with Gasteiger partial charge in [-0.1, -0.05) is 48.2 Å². The molecular formula is C28H25NO6S. The van der Waals surface area contributed by atoms with E-state index in [0.29, 0.717) is 17.2 Å². The summed E-state index contributed by atoms with van der Waals surface area (Å²) < 4.78 is 5.30. The summed E-state index contributed by atoms with van der Waals surface area (Å²) >= 11 is 1.58. The van der Waals surface area contributed by atoms with E-state index in [1.54, 1.807) is 18.9 Å². The summed E-state index contributed by atoms with van der Waals surface area (Å²) in [5, 5.41) is 12.8. The SMILES string of the molecule is COc1ccc(C2(O)c3ccc(C)cc3Sc3cc(CCC(=O)ON4C(=O)CCC4=O)ccc32)cc1. The molecule has 2 amide bonds. The summed E-state index contributed by atoms with van der Waals surface area (Å²) in [5.74, 6) is -0.924. The van der Waals surface area contributed by atoms with Crippen LogP contribution >= 0.6 is 11.8 Å². The zero-order chi connectivity index (χ0) is 25.4. The normalized spacial score (nSPS) is 18.6. The maximum Gasteiger partial charge on any atom is 0.333 e. The van der Waals surface area contributed by atoms with Gasteiger partial charge in [-0.25, -0.2) is 4.79 Å². The van der Waals surface area contributed by atoms with E-state index < -0.39 is 23.4 Å². The predicted octanol–water partition coefficient (Wildman–Crippen LogP) is 4.29. The van der Waals surface area contributed by atoms with Gasteiger partial charge in [-0.3, -0.25) is 9.59 Å². The minimum atomic E-state index is -1.36. The molecule has 0 bridgehead atoms. The Bertz CT molecular complexity index is 1350. The number of carbonyl (C=O) groups excluding carboxylic acids is 3. The quantitative estimate of drug-likeness (QED) is 0.502.